The molecule has 4 heteroatoms. The topological polar surface area (TPSA) is 65.2 Å². The molecule has 4 nitrogen and oxygen atoms in total. The summed E-state index contributed by atoms with van der Waals surface area (Å²) in [6.45, 7) is 2.12. The highest BCUT2D eigenvalue weighted by Crippen LogP contribution is 2.17. The molecule has 0 bridgehead atoms. The third kappa shape index (κ3) is 2.65. The number of hydrogen-bond donors (Lipinski definition) is 1. The SMILES string of the molecule is CCOC(=O)C(N)Cc1cccc2cccnc12. The van der Waals surface area contributed by atoms with Crippen LogP contribution in [-0.4, -0.2) is 23.6 Å². The van der Waals surface area contributed by atoms with Gasteiger partial charge in [-0.15, -0.1) is 0 Å². The third-order valence-electron chi connectivity index (χ3n) is 2.75. The second-order valence-corrected chi connectivity index (χ2v) is 4.05. The molecule has 1 unspecified atom stereocenters. The highest BCUT2D eigenvalue weighted by Gasteiger charge is 2.16. The predicted octanol–water partition coefficient (Wildman–Crippen LogP) is 1.67. The Bertz CT molecular complexity index is 549. The fourth-order valence-corrected chi connectivity index (χ4v) is 1.90. The molecule has 1 aromatic carbocycles. The predicted molar refractivity (Wildman–Crippen MR) is 70.1 cm³/mol. The number of benzene rings is 1. The molecule has 2 aromatic rings. The Kier molecular flexibility index (Phi) is 3.89. The summed E-state index contributed by atoms with van der Waals surface area (Å²) in [5, 5.41) is 1.05. The van der Waals surface area contributed by atoms with Gasteiger partial charge in [-0.1, -0.05) is 24.3 Å². The molecule has 0 radical (unpaired) electrons. The number of carbonyl (C=O) groups excluding carboxylic acids is 1. The maximum Gasteiger partial charge on any atom is 0.323 e. The van der Waals surface area contributed by atoms with Crippen LogP contribution in [0.5, 0.6) is 0 Å². The van der Waals surface area contributed by atoms with Gasteiger partial charge in [-0.3, -0.25) is 9.78 Å². The van der Waals surface area contributed by atoms with Crippen LogP contribution in [0.15, 0.2) is 36.5 Å². The number of carbonyl (C=O) groups is 1. The van der Waals surface area contributed by atoms with Crippen molar-refractivity contribution >= 4 is 16.9 Å². The van der Waals surface area contributed by atoms with Gasteiger partial charge in [0.2, 0.25) is 0 Å². The van der Waals surface area contributed by atoms with Crippen LogP contribution in [-0.2, 0) is 16.0 Å². The Morgan fingerprint density at radius 3 is 2.94 bits per heavy atom. The van der Waals surface area contributed by atoms with E-state index in [4.69, 9.17) is 10.5 Å². The summed E-state index contributed by atoms with van der Waals surface area (Å²) in [6.07, 6.45) is 2.18. The van der Waals surface area contributed by atoms with E-state index in [9.17, 15) is 4.79 Å². The number of rotatable bonds is 4. The van der Waals surface area contributed by atoms with E-state index in [0.717, 1.165) is 16.5 Å². The van der Waals surface area contributed by atoms with E-state index >= 15 is 0 Å². The smallest absolute Gasteiger partial charge is 0.323 e. The van der Waals surface area contributed by atoms with Crippen molar-refractivity contribution in [3.63, 3.8) is 0 Å². The van der Waals surface area contributed by atoms with Crippen molar-refractivity contribution in [2.45, 2.75) is 19.4 Å². The first-order valence-electron chi connectivity index (χ1n) is 5.97. The number of fused-ring (bicyclic) bond motifs is 1. The Morgan fingerprint density at radius 2 is 2.17 bits per heavy atom. The lowest BCUT2D eigenvalue weighted by atomic mass is 10.0. The number of esters is 1. The van der Waals surface area contributed by atoms with Gasteiger partial charge >= 0.3 is 5.97 Å². The molecular formula is C14H16N2O2. The van der Waals surface area contributed by atoms with Crippen molar-refractivity contribution in [3.05, 3.63) is 42.1 Å². The lowest BCUT2D eigenvalue weighted by molar-refractivity contribution is -0.144. The van der Waals surface area contributed by atoms with Gasteiger partial charge in [-0.25, -0.2) is 0 Å². The van der Waals surface area contributed by atoms with Crippen LogP contribution < -0.4 is 5.73 Å². The summed E-state index contributed by atoms with van der Waals surface area (Å²) in [5.74, 6) is -0.370. The normalized spacial score (nSPS) is 12.3. The van der Waals surface area contributed by atoms with Crippen molar-refractivity contribution in [1.29, 1.82) is 0 Å². The molecule has 0 aliphatic rings. The molecule has 2 rings (SSSR count). The average molecular weight is 244 g/mol. The fourth-order valence-electron chi connectivity index (χ4n) is 1.90. The van der Waals surface area contributed by atoms with Gasteiger partial charge < -0.3 is 10.5 Å². The van der Waals surface area contributed by atoms with E-state index < -0.39 is 6.04 Å². The van der Waals surface area contributed by atoms with Crippen LogP contribution in [0.25, 0.3) is 10.9 Å². The number of aromatic nitrogens is 1. The van der Waals surface area contributed by atoms with Crippen molar-refractivity contribution in [2.24, 2.45) is 5.73 Å². The Morgan fingerprint density at radius 1 is 1.39 bits per heavy atom. The van der Waals surface area contributed by atoms with Crippen LogP contribution in [0, 0.1) is 0 Å². The molecule has 1 heterocycles. The minimum Gasteiger partial charge on any atom is -0.465 e. The monoisotopic (exact) mass is 244 g/mol. The first-order chi connectivity index (χ1) is 8.72. The van der Waals surface area contributed by atoms with Crippen LogP contribution in [0.2, 0.25) is 0 Å². The zero-order chi connectivity index (χ0) is 13.0. The second-order valence-electron chi connectivity index (χ2n) is 4.05. The van der Waals surface area contributed by atoms with Gasteiger partial charge in [0, 0.05) is 18.0 Å². The Balaban J connectivity index is 2.24. The van der Waals surface area contributed by atoms with E-state index in [1.54, 1.807) is 13.1 Å². The van der Waals surface area contributed by atoms with Crippen LogP contribution in [0.4, 0.5) is 0 Å². The molecular weight excluding hydrogens is 228 g/mol. The highest BCUT2D eigenvalue weighted by atomic mass is 16.5. The zero-order valence-electron chi connectivity index (χ0n) is 10.3. The number of nitrogens with zero attached hydrogens (tertiary/aromatic N) is 1. The average Bonchev–Trinajstić information content (AvgIpc) is 2.39. The summed E-state index contributed by atoms with van der Waals surface area (Å²) in [6, 6.07) is 9.10. The van der Waals surface area contributed by atoms with Crippen LogP contribution in [0.3, 0.4) is 0 Å². The summed E-state index contributed by atoms with van der Waals surface area (Å²) in [5.41, 5.74) is 7.68. The minimum absolute atomic E-state index is 0.348. The molecule has 2 N–H and O–H groups in total. The molecule has 0 saturated heterocycles. The number of hydrogen-bond acceptors (Lipinski definition) is 4. The van der Waals surface area contributed by atoms with Gasteiger partial charge in [0.25, 0.3) is 0 Å². The van der Waals surface area contributed by atoms with Crippen molar-refractivity contribution in [1.82, 2.24) is 4.98 Å². The molecule has 18 heavy (non-hydrogen) atoms. The van der Waals surface area contributed by atoms with Gasteiger partial charge in [0.1, 0.15) is 6.04 Å². The minimum atomic E-state index is -0.641. The molecule has 1 aromatic heterocycles. The van der Waals surface area contributed by atoms with E-state index in [-0.39, 0.29) is 5.97 Å². The lowest BCUT2D eigenvalue weighted by Gasteiger charge is -2.11. The first-order valence-corrected chi connectivity index (χ1v) is 5.97. The quantitative estimate of drug-likeness (QED) is 0.831. The Hall–Kier alpha value is -1.94. The third-order valence-corrected chi connectivity index (χ3v) is 2.75. The van der Waals surface area contributed by atoms with Crippen molar-refractivity contribution < 1.29 is 9.53 Å². The molecule has 94 valence electrons. The molecule has 0 fully saturated rings. The second kappa shape index (κ2) is 5.60. The molecule has 0 aliphatic carbocycles. The highest BCUT2D eigenvalue weighted by molar-refractivity contribution is 5.83. The number of para-hydroxylation sites is 1. The largest absolute Gasteiger partial charge is 0.465 e. The Labute approximate surface area is 106 Å². The lowest BCUT2D eigenvalue weighted by Crippen LogP contribution is -2.34. The summed E-state index contributed by atoms with van der Waals surface area (Å²) < 4.78 is 4.90. The molecule has 0 spiro atoms. The summed E-state index contributed by atoms with van der Waals surface area (Å²) >= 11 is 0. The summed E-state index contributed by atoms with van der Waals surface area (Å²) in [4.78, 5) is 15.8. The number of ether oxygens (including phenoxy) is 1. The molecule has 1 atom stereocenters. The molecule has 0 aliphatic heterocycles. The number of pyridine rings is 1. The van der Waals surface area contributed by atoms with Gasteiger partial charge in [0.05, 0.1) is 12.1 Å². The molecule has 0 saturated carbocycles. The number of nitrogens with two attached hydrogens (primary N) is 1. The van der Waals surface area contributed by atoms with Gasteiger partial charge in [-0.05, 0) is 18.6 Å². The van der Waals surface area contributed by atoms with E-state index in [2.05, 4.69) is 4.98 Å². The maximum absolute atomic E-state index is 11.5. The van der Waals surface area contributed by atoms with Crippen molar-refractivity contribution in [2.75, 3.05) is 6.61 Å². The zero-order valence-corrected chi connectivity index (χ0v) is 10.3. The van der Waals surface area contributed by atoms with Crippen LogP contribution >= 0.6 is 0 Å². The van der Waals surface area contributed by atoms with Gasteiger partial charge in [0.15, 0.2) is 0 Å². The van der Waals surface area contributed by atoms with Gasteiger partial charge in [-0.2, -0.15) is 0 Å². The maximum atomic E-state index is 11.5. The van der Waals surface area contributed by atoms with E-state index in [1.165, 1.54) is 0 Å². The van der Waals surface area contributed by atoms with Crippen LogP contribution in [0.1, 0.15) is 12.5 Å². The molecule has 0 amide bonds. The fraction of sp³-hybridized carbons (Fsp3) is 0.286. The summed E-state index contributed by atoms with van der Waals surface area (Å²) in [7, 11) is 0. The standard InChI is InChI=1S/C14H16N2O2/c1-2-18-14(17)12(15)9-11-6-3-5-10-7-4-8-16-13(10)11/h3-8,12H,2,9,15H2,1H3. The first kappa shape index (κ1) is 12.5. The van der Waals surface area contributed by atoms with E-state index in [0.29, 0.717) is 13.0 Å². The van der Waals surface area contributed by atoms with E-state index in [1.807, 2.05) is 30.3 Å². The van der Waals surface area contributed by atoms with Crippen molar-refractivity contribution in [3.8, 4) is 0 Å².